The molecule has 0 amide bonds. The molecule has 1 aliphatic rings. The van der Waals surface area contributed by atoms with Gasteiger partial charge >= 0.3 is 0 Å². The number of hydrogen-bond donors (Lipinski definition) is 3. The van der Waals surface area contributed by atoms with Crippen LogP contribution in [0.3, 0.4) is 0 Å². The molecule has 1 fully saturated rings. The third-order valence-electron chi connectivity index (χ3n) is 6.06. The van der Waals surface area contributed by atoms with E-state index in [1.165, 1.54) is 89.9 Å². The standard InChI is InChI=1S/C25H48O5/c1-2-3-4-5-6-7-8-9-10-11-12-13-14-15-16-17-18-19-29-23-21-30-22(20-26)24(27)25(23)28/h17-18,22-28H,2-16,19-21H2,1H3/b18-17+/t22-,23+,24-,25-/m1/s1. The Balaban J connectivity index is 1.83. The van der Waals surface area contributed by atoms with E-state index in [0.29, 0.717) is 6.61 Å². The third kappa shape index (κ3) is 13.1. The fraction of sp³-hybridized carbons (Fsp3) is 0.920. The van der Waals surface area contributed by atoms with Gasteiger partial charge in [0.15, 0.2) is 0 Å². The maximum Gasteiger partial charge on any atom is 0.111 e. The highest BCUT2D eigenvalue weighted by Gasteiger charge is 2.38. The minimum atomic E-state index is -1.10. The van der Waals surface area contributed by atoms with Crippen molar-refractivity contribution < 1.29 is 24.8 Å². The zero-order chi connectivity index (χ0) is 21.9. The predicted octanol–water partition coefficient (Wildman–Crippen LogP) is 4.91. The Morgan fingerprint density at radius 1 is 0.767 bits per heavy atom. The van der Waals surface area contributed by atoms with Gasteiger partial charge in [-0.2, -0.15) is 0 Å². The van der Waals surface area contributed by atoms with E-state index in [9.17, 15) is 10.2 Å². The Bertz CT molecular complexity index is 401. The number of rotatable bonds is 19. The molecule has 0 spiro atoms. The SMILES string of the molecule is CCCCCCCCCCCCCCCC/C=C/CO[C@H]1CO[C@H](CO)[C@@H](O)[C@@H]1O. The van der Waals surface area contributed by atoms with Gasteiger partial charge in [0, 0.05) is 0 Å². The van der Waals surface area contributed by atoms with Gasteiger partial charge < -0.3 is 24.8 Å². The molecule has 0 saturated carbocycles. The first-order chi connectivity index (χ1) is 14.7. The van der Waals surface area contributed by atoms with Crippen LogP contribution in [0.5, 0.6) is 0 Å². The lowest BCUT2D eigenvalue weighted by molar-refractivity contribution is -0.205. The van der Waals surface area contributed by atoms with Crippen molar-refractivity contribution in [3.05, 3.63) is 12.2 Å². The van der Waals surface area contributed by atoms with Crippen LogP contribution < -0.4 is 0 Å². The van der Waals surface area contributed by atoms with Gasteiger partial charge in [-0.1, -0.05) is 103 Å². The Morgan fingerprint density at radius 3 is 1.83 bits per heavy atom. The Kier molecular flexibility index (Phi) is 17.7. The molecule has 4 atom stereocenters. The van der Waals surface area contributed by atoms with Crippen LogP contribution in [0.4, 0.5) is 0 Å². The molecule has 5 heteroatoms. The first-order valence-corrected chi connectivity index (χ1v) is 12.6. The van der Waals surface area contributed by atoms with Crippen LogP contribution in [0.25, 0.3) is 0 Å². The largest absolute Gasteiger partial charge is 0.394 e. The quantitative estimate of drug-likeness (QED) is 0.201. The van der Waals surface area contributed by atoms with Crippen LogP contribution in [0.15, 0.2) is 12.2 Å². The van der Waals surface area contributed by atoms with Crippen molar-refractivity contribution in [1.29, 1.82) is 0 Å². The van der Waals surface area contributed by atoms with Gasteiger partial charge in [0.2, 0.25) is 0 Å². The Morgan fingerprint density at radius 2 is 1.30 bits per heavy atom. The van der Waals surface area contributed by atoms with Gasteiger partial charge in [-0.3, -0.25) is 0 Å². The van der Waals surface area contributed by atoms with Gasteiger partial charge in [0.05, 0.1) is 19.8 Å². The Hall–Kier alpha value is -0.460. The minimum Gasteiger partial charge on any atom is -0.394 e. The van der Waals surface area contributed by atoms with Crippen molar-refractivity contribution in [3.63, 3.8) is 0 Å². The topological polar surface area (TPSA) is 79.2 Å². The average Bonchev–Trinajstić information content (AvgIpc) is 2.75. The highest BCUT2D eigenvalue weighted by molar-refractivity contribution is 4.89. The summed E-state index contributed by atoms with van der Waals surface area (Å²) in [4.78, 5) is 0. The summed E-state index contributed by atoms with van der Waals surface area (Å²) >= 11 is 0. The lowest BCUT2D eigenvalue weighted by Gasteiger charge is -2.36. The molecule has 0 aromatic carbocycles. The number of unbranched alkanes of at least 4 members (excludes halogenated alkanes) is 14. The van der Waals surface area contributed by atoms with Crippen molar-refractivity contribution >= 4 is 0 Å². The maximum atomic E-state index is 9.99. The van der Waals surface area contributed by atoms with E-state index in [1.807, 2.05) is 6.08 Å². The smallest absolute Gasteiger partial charge is 0.111 e. The molecule has 1 heterocycles. The van der Waals surface area contributed by atoms with Crippen LogP contribution in [0, 0.1) is 0 Å². The summed E-state index contributed by atoms with van der Waals surface area (Å²) in [7, 11) is 0. The monoisotopic (exact) mass is 428 g/mol. The van der Waals surface area contributed by atoms with Crippen LogP contribution >= 0.6 is 0 Å². The molecule has 178 valence electrons. The van der Waals surface area contributed by atoms with E-state index >= 15 is 0 Å². The average molecular weight is 429 g/mol. The number of aliphatic hydroxyl groups is 3. The molecule has 30 heavy (non-hydrogen) atoms. The molecule has 5 nitrogen and oxygen atoms in total. The molecule has 0 aliphatic carbocycles. The number of ether oxygens (including phenoxy) is 2. The zero-order valence-corrected chi connectivity index (χ0v) is 19.4. The minimum absolute atomic E-state index is 0.191. The van der Waals surface area contributed by atoms with Crippen molar-refractivity contribution in [3.8, 4) is 0 Å². The summed E-state index contributed by atoms with van der Waals surface area (Å²) in [6.07, 6.45) is 21.0. The number of allylic oxidation sites excluding steroid dienone is 1. The molecule has 0 aromatic rings. The molecule has 0 aromatic heterocycles. The first kappa shape index (κ1) is 27.6. The van der Waals surface area contributed by atoms with Gasteiger partial charge in [0.1, 0.15) is 24.4 Å². The molecule has 3 N–H and O–H groups in total. The fourth-order valence-corrected chi connectivity index (χ4v) is 3.98. The first-order valence-electron chi connectivity index (χ1n) is 12.6. The molecule has 0 unspecified atom stereocenters. The van der Waals surface area contributed by atoms with E-state index in [-0.39, 0.29) is 13.2 Å². The van der Waals surface area contributed by atoms with Gasteiger partial charge in [-0.05, 0) is 12.8 Å². The second-order valence-electron chi connectivity index (χ2n) is 8.76. The van der Waals surface area contributed by atoms with E-state index in [0.717, 1.165) is 6.42 Å². The van der Waals surface area contributed by atoms with E-state index in [1.54, 1.807) is 0 Å². The van der Waals surface area contributed by atoms with Crippen molar-refractivity contribution in [2.24, 2.45) is 0 Å². The molecule has 0 radical (unpaired) electrons. The summed E-state index contributed by atoms with van der Waals surface area (Å²) in [6, 6.07) is 0. The third-order valence-corrected chi connectivity index (χ3v) is 6.06. The van der Waals surface area contributed by atoms with Gasteiger partial charge in [0.25, 0.3) is 0 Å². The number of hydrogen-bond acceptors (Lipinski definition) is 5. The zero-order valence-electron chi connectivity index (χ0n) is 19.4. The van der Waals surface area contributed by atoms with Gasteiger partial charge in [-0.15, -0.1) is 0 Å². The summed E-state index contributed by atoms with van der Waals surface area (Å²) in [5, 5.41) is 28.9. The van der Waals surface area contributed by atoms with Crippen LogP contribution in [-0.2, 0) is 9.47 Å². The normalized spacial score (nSPS) is 24.7. The van der Waals surface area contributed by atoms with Gasteiger partial charge in [-0.25, -0.2) is 0 Å². The van der Waals surface area contributed by atoms with Crippen LogP contribution in [-0.4, -0.2) is 59.6 Å². The lowest BCUT2D eigenvalue weighted by Crippen LogP contribution is -2.54. The van der Waals surface area contributed by atoms with E-state index in [4.69, 9.17) is 14.6 Å². The Labute approximate surface area is 184 Å². The van der Waals surface area contributed by atoms with Crippen LogP contribution in [0.1, 0.15) is 103 Å². The summed E-state index contributed by atoms with van der Waals surface area (Å²) < 4.78 is 10.9. The molecule has 1 rings (SSSR count). The molecule has 1 saturated heterocycles. The molecular formula is C25H48O5. The highest BCUT2D eigenvalue weighted by atomic mass is 16.6. The summed E-state index contributed by atoms with van der Waals surface area (Å²) in [5.41, 5.74) is 0. The molecule has 0 bridgehead atoms. The lowest BCUT2D eigenvalue weighted by atomic mass is 10.0. The van der Waals surface area contributed by atoms with Crippen molar-refractivity contribution in [1.82, 2.24) is 0 Å². The van der Waals surface area contributed by atoms with E-state index < -0.39 is 24.4 Å². The van der Waals surface area contributed by atoms with Crippen LogP contribution in [0.2, 0.25) is 0 Å². The molecular weight excluding hydrogens is 380 g/mol. The summed E-state index contributed by atoms with van der Waals surface area (Å²) in [6.45, 7) is 2.57. The number of aliphatic hydroxyl groups excluding tert-OH is 3. The highest BCUT2D eigenvalue weighted by Crippen LogP contribution is 2.18. The van der Waals surface area contributed by atoms with E-state index in [2.05, 4.69) is 13.0 Å². The second-order valence-corrected chi connectivity index (χ2v) is 8.76. The van der Waals surface area contributed by atoms with Crippen molar-refractivity contribution in [2.45, 2.75) is 128 Å². The summed E-state index contributed by atoms with van der Waals surface area (Å²) in [5.74, 6) is 0. The van der Waals surface area contributed by atoms with Crippen molar-refractivity contribution in [2.75, 3.05) is 19.8 Å². The second kappa shape index (κ2) is 19.2. The molecule has 1 aliphatic heterocycles. The predicted molar refractivity (Wildman–Crippen MR) is 123 cm³/mol. The fourth-order valence-electron chi connectivity index (χ4n) is 3.98. The maximum absolute atomic E-state index is 9.99.